The molecule has 22 heavy (non-hydrogen) atoms. The minimum absolute atomic E-state index is 0.220. The summed E-state index contributed by atoms with van der Waals surface area (Å²) in [6, 6.07) is 11.7. The normalized spacial score (nSPS) is 10.8. The van der Waals surface area contributed by atoms with Crippen LogP contribution in [0, 0.1) is 11.3 Å². The lowest BCUT2D eigenvalue weighted by Gasteiger charge is -2.04. The quantitative estimate of drug-likeness (QED) is 0.528. The molecule has 0 aliphatic heterocycles. The molecule has 0 aliphatic rings. The van der Waals surface area contributed by atoms with Gasteiger partial charge in [0.2, 0.25) is 0 Å². The SMILES string of the molecule is COC(=O)c1ccccc1-c1ccc(C=C(C#N)C(N)=O)o1. The molecule has 1 heterocycles. The smallest absolute Gasteiger partial charge is 0.338 e. The summed E-state index contributed by atoms with van der Waals surface area (Å²) in [4.78, 5) is 22.8. The Kier molecular flexibility index (Phi) is 4.39. The molecule has 0 fully saturated rings. The Balaban J connectivity index is 2.44. The van der Waals surface area contributed by atoms with Gasteiger partial charge in [0, 0.05) is 11.6 Å². The Morgan fingerprint density at radius 2 is 2.00 bits per heavy atom. The zero-order valence-electron chi connectivity index (χ0n) is 11.7. The molecule has 0 spiro atoms. The Bertz CT molecular complexity index is 796. The highest BCUT2D eigenvalue weighted by Crippen LogP contribution is 2.27. The first kappa shape index (κ1) is 15.1. The van der Waals surface area contributed by atoms with Gasteiger partial charge < -0.3 is 14.9 Å². The molecule has 1 aromatic carbocycles. The van der Waals surface area contributed by atoms with Crippen molar-refractivity contribution in [1.29, 1.82) is 5.26 Å². The van der Waals surface area contributed by atoms with Crippen molar-refractivity contribution in [3.05, 3.63) is 53.3 Å². The number of nitrogens with two attached hydrogens (primary N) is 1. The van der Waals surface area contributed by atoms with Gasteiger partial charge in [0.05, 0.1) is 12.7 Å². The number of hydrogen-bond donors (Lipinski definition) is 1. The van der Waals surface area contributed by atoms with Crippen molar-refractivity contribution in [1.82, 2.24) is 0 Å². The highest BCUT2D eigenvalue weighted by molar-refractivity contribution is 6.00. The molecule has 0 saturated carbocycles. The van der Waals surface area contributed by atoms with Gasteiger partial charge in [-0.2, -0.15) is 5.26 Å². The van der Waals surface area contributed by atoms with Crippen LogP contribution in [0.4, 0.5) is 0 Å². The van der Waals surface area contributed by atoms with E-state index in [4.69, 9.17) is 20.1 Å². The van der Waals surface area contributed by atoms with Gasteiger partial charge in [0.25, 0.3) is 5.91 Å². The van der Waals surface area contributed by atoms with E-state index in [2.05, 4.69) is 0 Å². The summed E-state index contributed by atoms with van der Waals surface area (Å²) in [5.74, 6) is -0.631. The molecule has 2 aromatic rings. The Morgan fingerprint density at radius 1 is 1.27 bits per heavy atom. The summed E-state index contributed by atoms with van der Waals surface area (Å²) in [6.45, 7) is 0. The van der Waals surface area contributed by atoms with Gasteiger partial charge in [0.1, 0.15) is 23.2 Å². The Labute approximate surface area is 126 Å². The molecule has 1 aromatic heterocycles. The number of nitriles is 1. The minimum atomic E-state index is -0.838. The lowest BCUT2D eigenvalue weighted by atomic mass is 10.1. The average molecular weight is 296 g/mol. The van der Waals surface area contributed by atoms with Gasteiger partial charge in [0.15, 0.2) is 0 Å². The number of carbonyl (C=O) groups excluding carboxylic acids is 2. The monoisotopic (exact) mass is 296 g/mol. The maximum atomic E-state index is 11.7. The van der Waals surface area contributed by atoms with E-state index in [1.54, 1.807) is 42.5 Å². The van der Waals surface area contributed by atoms with Crippen LogP contribution in [-0.2, 0) is 9.53 Å². The third-order valence-electron chi connectivity index (χ3n) is 2.90. The lowest BCUT2D eigenvalue weighted by Crippen LogP contribution is -2.12. The number of ether oxygens (including phenoxy) is 1. The predicted molar refractivity (Wildman–Crippen MR) is 78.3 cm³/mol. The summed E-state index contributed by atoms with van der Waals surface area (Å²) in [6.07, 6.45) is 1.24. The third kappa shape index (κ3) is 3.04. The average Bonchev–Trinajstić information content (AvgIpc) is 3.00. The molecule has 0 atom stereocenters. The maximum absolute atomic E-state index is 11.7. The summed E-state index contributed by atoms with van der Waals surface area (Å²) in [7, 11) is 1.29. The van der Waals surface area contributed by atoms with Gasteiger partial charge in [-0.1, -0.05) is 18.2 Å². The van der Waals surface area contributed by atoms with Crippen LogP contribution in [0.15, 0.2) is 46.4 Å². The maximum Gasteiger partial charge on any atom is 0.338 e. The molecule has 0 aliphatic carbocycles. The number of amides is 1. The second-order valence-electron chi connectivity index (χ2n) is 4.27. The summed E-state index contributed by atoms with van der Waals surface area (Å²) < 4.78 is 10.3. The van der Waals surface area contributed by atoms with Crippen LogP contribution in [0.1, 0.15) is 16.1 Å². The lowest BCUT2D eigenvalue weighted by molar-refractivity contribution is -0.114. The predicted octanol–water partition coefficient (Wildman–Crippen LogP) is 2.13. The molecule has 1 amide bonds. The highest BCUT2D eigenvalue weighted by Gasteiger charge is 2.15. The number of methoxy groups -OCH3 is 1. The number of hydrogen-bond acceptors (Lipinski definition) is 5. The first-order valence-corrected chi connectivity index (χ1v) is 6.26. The van der Waals surface area contributed by atoms with Gasteiger partial charge in [-0.05, 0) is 18.2 Å². The molecule has 0 bridgehead atoms. The topological polar surface area (TPSA) is 106 Å². The number of benzene rings is 1. The second-order valence-corrected chi connectivity index (χ2v) is 4.27. The standard InChI is InChI=1S/C16H12N2O4/c1-21-16(20)13-5-3-2-4-12(13)14-7-6-11(22-14)8-10(9-17)15(18)19/h2-8H,1H3,(H2,18,19). The van der Waals surface area contributed by atoms with E-state index in [0.717, 1.165) is 0 Å². The van der Waals surface area contributed by atoms with Crippen LogP contribution in [0.3, 0.4) is 0 Å². The number of furan rings is 1. The van der Waals surface area contributed by atoms with Crippen molar-refractivity contribution in [2.45, 2.75) is 0 Å². The second kappa shape index (κ2) is 6.41. The van der Waals surface area contributed by atoms with Crippen LogP contribution < -0.4 is 5.73 Å². The van der Waals surface area contributed by atoms with Crippen molar-refractivity contribution in [3.8, 4) is 17.4 Å². The van der Waals surface area contributed by atoms with Crippen LogP contribution >= 0.6 is 0 Å². The van der Waals surface area contributed by atoms with Crippen molar-refractivity contribution < 1.29 is 18.7 Å². The number of esters is 1. The van der Waals surface area contributed by atoms with E-state index < -0.39 is 11.9 Å². The fraction of sp³-hybridized carbons (Fsp3) is 0.0625. The van der Waals surface area contributed by atoms with Crippen molar-refractivity contribution >= 4 is 18.0 Å². The largest absolute Gasteiger partial charge is 0.465 e. The molecule has 0 unspecified atom stereocenters. The van der Waals surface area contributed by atoms with Gasteiger partial charge in [-0.3, -0.25) is 4.79 Å². The molecule has 110 valence electrons. The summed E-state index contributed by atoms with van der Waals surface area (Å²) in [5, 5.41) is 8.81. The fourth-order valence-corrected chi connectivity index (χ4v) is 1.86. The van der Waals surface area contributed by atoms with Crippen LogP contribution in [0.5, 0.6) is 0 Å². The molecule has 0 radical (unpaired) electrons. The molecule has 2 N–H and O–H groups in total. The number of primary amides is 1. The molecular weight excluding hydrogens is 284 g/mol. The highest BCUT2D eigenvalue weighted by atomic mass is 16.5. The molecule has 0 saturated heterocycles. The van der Waals surface area contributed by atoms with E-state index in [1.165, 1.54) is 13.2 Å². The molecule has 2 rings (SSSR count). The third-order valence-corrected chi connectivity index (χ3v) is 2.90. The van der Waals surface area contributed by atoms with E-state index >= 15 is 0 Å². The summed E-state index contributed by atoms with van der Waals surface area (Å²) >= 11 is 0. The van der Waals surface area contributed by atoms with Crippen molar-refractivity contribution in [2.24, 2.45) is 5.73 Å². The van der Waals surface area contributed by atoms with Crippen molar-refractivity contribution in [3.63, 3.8) is 0 Å². The van der Waals surface area contributed by atoms with E-state index in [1.807, 2.05) is 0 Å². The Hall–Kier alpha value is -3.33. The molecule has 6 nitrogen and oxygen atoms in total. The Morgan fingerprint density at radius 3 is 2.64 bits per heavy atom. The van der Waals surface area contributed by atoms with E-state index in [9.17, 15) is 9.59 Å². The first-order chi connectivity index (χ1) is 10.6. The van der Waals surface area contributed by atoms with Crippen molar-refractivity contribution in [2.75, 3.05) is 7.11 Å². The number of rotatable bonds is 4. The fourth-order valence-electron chi connectivity index (χ4n) is 1.86. The van der Waals surface area contributed by atoms with Gasteiger partial charge >= 0.3 is 5.97 Å². The van der Waals surface area contributed by atoms with Crippen LogP contribution in [0.2, 0.25) is 0 Å². The minimum Gasteiger partial charge on any atom is -0.465 e. The van der Waals surface area contributed by atoms with E-state index in [-0.39, 0.29) is 11.3 Å². The molecule has 6 heteroatoms. The van der Waals surface area contributed by atoms with Crippen LogP contribution in [0.25, 0.3) is 17.4 Å². The number of nitrogens with zero attached hydrogens (tertiary/aromatic N) is 1. The van der Waals surface area contributed by atoms with Gasteiger partial charge in [-0.25, -0.2) is 4.79 Å². The zero-order chi connectivity index (χ0) is 16.1. The number of carbonyl (C=O) groups is 2. The zero-order valence-corrected chi connectivity index (χ0v) is 11.7. The van der Waals surface area contributed by atoms with E-state index in [0.29, 0.717) is 16.9 Å². The van der Waals surface area contributed by atoms with Crippen LogP contribution in [-0.4, -0.2) is 19.0 Å². The molecular formula is C16H12N2O4. The summed E-state index contributed by atoms with van der Waals surface area (Å²) in [5.41, 5.74) is 5.74. The first-order valence-electron chi connectivity index (χ1n) is 6.26. The van der Waals surface area contributed by atoms with Gasteiger partial charge in [-0.15, -0.1) is 0 Å².